The van der Waals surface area contributed by atoms with Crippen LogP contribution in [-0.2, 0) is 16.0 Å². The summed E-state index contributed by atoms with van der Waals surface area (Å²) >= 11 is 0. The molecule has 1 amide bonds. The molecular formula is C21H25NO3. The summed E-state index contributed by atoms with van der Waals surface area (Å²) in [4.78, 5) is 14.5. The van der Waals surface area contributed by atoms with E-state index in [-0.39, 0.29) is 18.1 Å². The number of carbonyl (C=O) groups is 1. The largest absolute Gasteiger partial charge is 0.483 e. The van der Waals surface area contributed by atoms with E-state index in [2.05, 4.69) is 12.1 Å². The summed E-state index contributed by atoms with van der Waals surface area (Å²) in [6.07, 6.45) is 0.786. The molecule has 0 aromatic heterocycles. The topological polar surface area (TPSA) is 38.8 Å². The number of morpholine rings is 1. The highest BCUT2D eigenvalue weighted by molar-refractivity contribution is 5.78. The van der Waals surface area contributed by atoms with Crippen LogP contribution in [0, 0.1) is 0 Å². The van der Waals surface area contributed by atoms with Gasteiger partial charge in [0.2, 0.25) is 0 Å². The zero-order valence-electron chi connectivity index (χ0n) is 14.9. The van der Waals surface area contributed by atoms with Crippen molar-refractivity contribution in [2.45, 2.75) is 25.8 Å². The van der Waals surface area contributed by atoms with E-state index in [9.17, 15) is 4.79 Å². The van der Waals surface area contributed by atoms with Crippen LogP contribution in [0.1, 0.15) is 25.0 Å². The summed E-state index contributed by atoms with van der Waals surface area (Å²) in [5.41, 5.74) is 2.02. The molecule has 0 spiro atoms. The van der Waals surface area contributed by atoms with Crippen LogP contribution in [0.5, 0.6) is 5.75 Å². The van der Waals surface area contributed by atoms with Gasteiger partial charge in [-0.25, -0.2) is 0 Å². The van der Waals surface area contributed by atoms with E-state index in [1.807, 2.05) is 61.2 Å². The van der Waals surface area contributed by atoms with Crippen molar-refractivity contribution in [1.82, 2.24) is 4.90 Å². The quantitative estimate of drug-likeness (QED) is 0.839. The zero-order chi connectivity index (χ0) is 17.7. The van der Waals surface area contributed by atoms with Crippen molar-refractivity contribution in [3.63, 3.8) is 0 Å². The SMILES string of the molecule is CC1(C)COCCN1C(=O)COc1ccccc1Cc1ccccc1. The Morgan fingerprint density at radius 3 is 2.60 bits per heavy atom. The first-order valence-corrected chi connectivity index (χ1v) is 8.69. The Morgan fingerprint density at radius 2 is 1.84 bits per heavy atom. The third-order valence-electron chi connectivity index (χ3n) is 4.51. The van der Waals surface area contributed by atoms with Crippen LogP contribution in [0.2, 0.25) is 0 Å². The number of benzene rings is 2. The number of para-hydroxylation sites is 1. The molecule has 1 heterocycles. The van der Waals surface area contributed by atoms with Gasteiger partial charge in [0.15, 0.2) is 6.61 Å². The predicted octanol–water partition coefficient (Wildman–Crippen LogP) is 3.29. The molecule has 4 heteroatoms. The second-order valence-electron chi connectivity index (χ2n) is 6.97. The van der Waals surface area contributed by atoms with Crippen molar-refractivity contribution in [3.8, 4) is 5.75 Å². The lowest BCUT2D eigenvalue weighted by Crippen LogP contribution is -2.56. The van der Waals surface area contributed by atoms with Gasteiger partial charge in [-0.3, -0.25) is 4.79 Å². The first kappa shape index (κ1) is 17.5. The molecule has 132 valence electrons. The maximum atomic E-state index is 12.6. The number of amides is 1. The Hall–Kier alpha value is -2.33. The molecule has 1 saturated heterocycles. The Kier molecular flexibility index (Phi) is 5.39. The van der Waals surface area contributed by atoms with E-state index in [4.69, 9.17) is 9.47 Å². The van der Waals surface area contributed by atoms with Gasteiger partial charge in [0, 0.05) is 13.0 Å². The summed E-state index contributed by atoms with van der Waals surface area (Å²) in [7, 11) is 0. The van der Waals surface area contributed by atoms with Crippen molar-refractivity contribution in [2.75, 3.05) is 26.4 Å². The highest BCUT2D eigenvalue weighted by Crippen LogP contribution is 2.23. The van der Waals surface area contributed by atoms with Crippen molar-refractivity contribution in [1.29, 1.82) is 0 Å². The Morgan fingerprint density at radius 1 is 1.12 bits per heavy atom. The van der Waals surface area contributed by atoms with Gasteiger partial charge in [0.05, 0.1) is 18.8 Å². The minimum atomic E-state index is -0.289. The average Bonchev–Trinajstić information content (AvgIpc) is 2.61. The number of ether oxygens (including phenoxy) is 2. The smallest absolute Gasteiger partial charge is 0.261 e. The third-order valence-corrected chi connectivity index (χ3v) is 4.51. The van der Waals surface area contributed by atoms with E-state index in [1.54, 1.807) is 0 Å². The Balaban J connectivity index is 1.66. The van der Waals surface area contributed by atoms with Gasteiger partial charge in [0.25, 0.3) is 5.91 Å². The molecule has 0 N–H and O–H groups in total. The van der Waals surface area contributed by atoms with Gasteiger partial charge in [-0.15, -0.1) is 0 Å². The minimum absolute atomic E-state index is 0.00261. The van der Waals surface area contributed by atoms with Crippen LogP contribution in [0.15, 0.2) is 54.6 Å². The van der Waals surface area contributed by atoms with Crippen molar-refractivity contribution < 1.29 is 14.3 Å². The number of rotatable bonds is 5. The van der Waals surface area contributed by atoms with Crippen LogP contribution in [0.4, 0.5) is 0 Å². The average molecular weight is 339 g/mol. The number of hydrogen-bond donors (Lipinski definition) is 0. The molecule has 0 unspecified atom stereocenters. The van der Waals surface area contributed by atoms with Gasteiger partial charge in [-0.1, -0.05) is 48.5 Å². The molecule has 25 heavy (non-hydrogen) atoms. The number of hydrogen-bond acceptors (Lipinski definition) is 3. The lowest BCUT2D eigenvalue weighted by molar-refractivity contribution is -0.148. The summed E-state index contributed by atoms with van der Waals surface area (Å²) in [5.74, 6) is 0.772. The lowest BCUT2D eigenvalue weighted by Gasteiger charge is -2.42. The second kappa shape index (κ2) is 7.70. The highest BCUT2D eigenvalue weighted by atomic mass is 16.5. The molecule has 4 nitrogen and oxygen atoms in total. The van der Waals surface area contributed by atoms with Crippen LogP contribution in [0.25, 0.3) is 0 Å². The fraction of sp³-hybridized carbons (Fsp3) is 0.381. The molecule has 0 saturated carbocycles. The van der Waals surface area contributed by atoms with Crippen LogP contribution in [0.3, 0.4) is 0 Å². The summed E-state index contributed by atoms with van der Waals surface area (Å²) < 4.78 is 11.4. The normalized spacial score (nSPS) is 16.5. The van der Waals surface area contributed by atoms with Crippen molar-refractivity contribution in [2.24, 2.45) is 0 Å². The summed E-state index contributed by atoms with van der Waals surface area (Å²) in [6, 6.07) is 18.2. The minimum Gasteiger partial charge on any atom is -0.483 e. The fourth-order valence-corrected chi connectivity index (χ4v) is 3.14. The van der Waals surface area contributed by atoms with E-state index < -0.39 is 0 Å². The molecule has 0 bridgehead atoms. The molecule has 2 aromatic carbocycles. The molecule has 1 aliphatic heterocycles. The predicted molar refractivity (Wildman–Crippen MR) is 97.8 cm³/mol. The molecule has 1 aliphatic rings. The number of nitrogens with zero attached hydrogens (tertiary/aromatic N) is 1. The maximum Gasteiger partial charge on any atom is 0.261 e. The maximum absolute atomic E-state index is 12.6. The molecule has 0 radical (unpaired) electrons. The van der Waals surface area contributed by atoms with Crippen LogP contribution in [-0.4, -0.2) is 42.7 Å². The molecule has 1 fully saturated rings. The first-order chi connectivity index (χ1) is 12.1. The van der Waals surface area contributed by atoms with Crippen LogP contribution >= 0.6 is 0 Å². The van der Waals surface area contributed by atoms with Gasteiger partial charge in [-0.2, -0.15) is 0 Å². The van der Waals surface area contributed by atoms with E-state index in [0.29, 0.717) is 19.8 Å². The Bertz CT molecular complexity index is 712. The monoisotopic (exact) mass is 339 g/mol. The zero-order valence-corrected chi connectivity index (χ0v) is 14.9. The van der Waals surface area contributed by atoms with Gasteiger partial charge in [0.1, 0.15) is 5.75 Å². The van der Waals surface area contributed by atoms with Crippen LogP contribution < -0.4 is 4.74 Å². The summed E-state index contributed by atoms with van der Waals surface area (Å²) in [6.45, 7) is 5.85. The first-order valence-electron chi connectivity index (χ1n) is 8.69. The highest BCUT2D eigenvalue weighted by Gasteiger charge is 2.34. The number of carbonyl (C=O) groups excluding carboxylic acids is 1. The molecule has 0 atom stereocenters. The Labute approximate surface area is 149 Å². The fourth-order valence-electron chi connectivity index (χ4n) is 3.14. The van der Waals surface area contributed by atoms with Gasteiger partial charge >= 0.3 is 0 Å². The van der Waals surface area contributed by atoms with E-state index in [0.717, 1.165) is 17.7 Å². The standard InChI is InChI=1S/C21H25NO3/c1-21(2)16-24-13-12-22(21)20(23)15-25-19-11-7-6-10-18(19)14-17-8-4-3-5-9-17/h3-11H,12-16H2,1-2H3. The second-order valence-corrected chi connectivity index (χ2v) is 6.97. The summed E-state index contributed by atoms with van der Waals surface area (Å²) in [5, 5.41) is 0. The molecule has 0 aliphatic carbocycles. The lowest BCUT2D eigenvalue weighted by atomic mass is 10.0. The van der Waals surface area contributed by atoms with Gasteiger partial charge in [-0.05, 0) is 31.0 Å². The third kappa shape index (κ3) is 4.40. The van der Waals surface area contributed by atoms with Gasteiger partial charge < -0.3 is 14.4 Å². The molecular weight excluding hydrogens is 314 g/mol. The van der Waals surface area contributed by atoms with Crippen molar-refractivity contribution >= 4 is 5.91 Å². The van der Waals surface area contributed by atoms with E-state index in [1.165, 1.54) is 5.56 Å². The van der Waals surface area contributed by atoms with E-state index >= 15 is 0 Å². The molecule has 3 rings (SSSR count). The van der Waals surface area contributed by atoms with Crippen molar-refractivity contribution in [3.05, 3.63) is 65.7 Å². The molecule has 2 aromatic rings.